The maximum atomic E-state index is 5.82. The fraction of sp³-hybridized carbons (Fsp3) is 0.667. The van der Waals surface area contributed by atoms with Crippen molar-refractivity contribution in [1.29, 1.82) is 0 Å². The van der Waals surface area contributed by atoms with Crippen molar-refractivity contribution >= 4 is 11.8 Å². The summed E-state index contributed by atoms with van der Waals surface area (Å²) in [7, 11) is 0. The minimum Gasteiger partial charge on any atom is -0.368 e. The zero-order valence-electron chi connectivity index (χ0n) is 10.1. The zero-order valence-corrected chi connectivity index (χ0v) is 10.1. The summed E-state index contributed by atoms with van der Waals surface area (Å²) in [6.45, 7) is 4.09. The Morgan fingerprint density at radius 3 is 2.65 bits per heavy atom. The Balaban J connectivity index is 1.98. The number of hydrogen-bond acceptors (Lipinski definition) is 5. The molecule has 17 heavy (non-hydrogen) atoms. The molecule has 1 aromatic rings. The summed E-state index contributed by atoms with van der Waals surface area (Å²) >= 11 is 0. The summed E-state index contributed by atoms with van der Waals surface area (Å²) in [4.78, 5) is 11.2. The lowest BCUT2D eigenvalue weighted by Gasteiger charge is -2.31. The quantitative estimate of drug-likeness (QED) is 0.732. The molecule has 0 aromatic carbocycles. The summed E-state index contributed by atoms with van der Waals surface area (Å²) in [6, 6.07) is 0. The first-order valence-corrected chi connectivity index (χ1v) is 6.45. The van der Waals surface area contributed by atoms with Crippen molar-refractivity contribution in [3.05, 3.63) is 11.3 Å². The van der Waals surface area contributed by atoms with Crippen LogP contribution in [-0.4, -0.2) is 36.1 Å². The van der Waals surface area contributed by atoms with Gasteiger partial charge in [0.2, 0.25) is 5.95 Å². The molecule has 5 heteroatoms. The molecule has 2 heterocycles. The van der Waals surface area contributed by atoms with Gasteiger partial charge in [-0.25, -0.2) is 4.98 Å². The second-order valence-corrected chi connectivity index (χ2v) is 4.77. The van der Waals surface area contributed by atoms with Crippen molar-refractivity contribution in [3.8, 4) is 0 Å². The second-order valence-electron chi connectivity index (χ2n) is 4.77. The highest BCUT2D eigenvalue weighted by Gasteiger charge is 2.21. The van der Waals surface area contributed by atoms with Crippen LogP contribution in [0.15, 0.2) is 0 Å². The molecule has 0 spiro atoms. The number of aromatic nitrogens is 2. The van der Waals surface area contributed by atoms with Gasteiger partial charge in [-0.05, 0) is 25.7 Å². The van der Waals surface area contributed by atoms with Gasteiger partial charge < -0.3 is 16.0 Å². The minimum absolute atomic E-state index is 0.430. The van der Waals surface area contributed by atoms with Crippen LogP contribution in [0.2, 0.25) is 0 Å². The molecule has 1 aromatic heterocycles. The van der Waals surface area contributed by atoms with E-state index in [0.717, 1.165) is 44.8 Å². The molecule has 1 aliphatic carbocycles. The Bertz CT molecular complexity index is 412. The smallest absolute Gasteiger partial charge is 0.222 e. The number of rotatable bonds is 1. The summed E-state index contributed by atoms with van der Waals surface area (Å²) < 4.78 is 0. The molecular weight excluding hydrogens is 214 g/mol. The molecule has 0 saturated carbocycles. The van der Waals surface area contributed by atoms with E-state index < -0.39 is 0 Å². The molecular formula is C12H19N5. The normalized spacial score (nSPS) is 20.1. The number of nitrogens with zero attached hydrogens (tertiary/aromatic N) is 3. The van der Waals surface area contributed by atoms with Crippen LogP contribution in [0.5, 0.6) is 0 Å². The topological polar surface area (TPSA) is 67.1 Å². The Kier molecular flexibility index (Phi) is 2.84. The monoisotopic (exact) mass is 233 g/mol. The van der Waals surface area contributed by atoms with E-state index in [1.165, 1.54) is 24.1 Å². The van der Waals surface area contributed by atoms with Crippen LogP contribution in [-0.2, 0) is 12.8 Å². The molecule has 0 bridgehead atoms. The molecule has 0 unspecified atom stereocenters. The lowest BCUT2D eigenvalue weighted by molar-refractivity contribution is 0.577. The fourth-order valence-electron chi connectivity index (χ4n) is 2.73. The van der Waals surface area contributed by atoms with Gasteiger partial charge in [0.15, 0.2) is 0 Å². The molecule has 1 aliphatic heterocycles. The van der Waals surface area contributed by atoms with E-state index in [1.807, 2.05) is 0 Å². The van der Waals surface area contributed by atoms with Crippen molar-refractivity contribution in [1.82, 2.24) is 15.3 Å². The van der Waals surface area contributed by atoms with E-state index >= 15 is 0 Å². The molecule has 92 valence electrons. The molecule has 0 amide bonds. The number of hydrogen-bond donors (Lipinski definition) is 2. The third kappa shape index (κ3) is 2.07. The highest BCUT2D eigenvalue weighted by Crippen LogP contribution is 2.28. The lowest BCUT2D eigenvalue weighted by Crippen LogP contribution is -2.44. The Morgan fingerprint density at radius 1 is 1.06 bits per heavy atom. The van der Waals surface area contributed by atoms with Crippen molar-refractivity contribution < 1.29 is 0 Å². The van der Waals surface area contributed by atoms with E-state index in [4.69, 9.17) is 5.73 Å². The highest BCUT2D eigenvalue weighted by molar-refractivity contribution is 5.53. The number of nitrogen functional groups attached to an aromatic ring is 1. The molecule has 5 nitrogen and oxygen atoms in total. The SMILES string of the molecule is Nc1nc2c(c(N3CCNCC3)n1)CCCC2. The Labute approximate surface area is 101 Å². The van der Waals surface area contributed by atoms with Crippen LogP contribution in [0, 0.1) is 0 Å². The Morgan fingerprint density at radius 2 is 1.82 bits per heavy atom. The number of aryl methyl sites for hydroxylation is 1. The number of nitrogens with one attached hydrogen (secondary N) is 1. The van der Waals surface area contributed by atoms with E-state index in [1.54, 1.807) is 0 Å². The summed E-state index contributed by atoms with van der Waals surface area (Å²) in [5, 5.41) is 3.36. The average molecular weight is 233 g/mol. The molecule has 1 fully saturated rings. The standard InChI is InChI=1S/C12H19N5/c13-12-15-10-4-2-1-3-9(10)11(16-12)17-7-5-14-6-8-17/h14H,1-8H2,(H2,13,15,16). The summed E-state index contributed by atoms with van der Waals surface area (Å²) in [5.74, 6) is 1.52. The van der Waals surface area contributed by atoms with Crippen LogP contribution in [0.3, 0.4) is 0 Å². The minimum atomic E-state index is 0.430. The van der Waals surface area contributed by atoms with Gasteiger partial charge in [-0.3, -0.25) is 0 Å². The first-order chi connectivity index (χ1) is 8.34. The molecule has 0 radical (unpaired) electrons. The van der Waals surface area contributed by atoms with Crippen molar-refractivity contribution in [2.45, 2.75) is 25.7 Å². The van der Waals surface area contributed by atoms with Crippen LogP contribution in [0.4, 0.5) is 11.8 Å². The predicted octanol–water partition coefficient (Wildman–Crippen LogP) is 0.347. The van der Waals surface area contributed by atoms with E-state index in [9.17, 15) is 0 Å². The summed E-state index contributed by atoms with van der Waals surface area (Å²) in [6.07, 6.45) is 4.64. The third-order valence-electron chi connectivity index (χ3n) is 3.60. The summed E-state index contributed by atoms with van der Waals surface area (Å²) in [5.41, 5.74) is 8.34. The van der Waals surface area contributed by atoms with Gasteiger partial charge in [0.1, 0.15) is 5.82 Å². The number of anilines is 2. The second kappa shape index (κ2) is 4.49. The van der Waals surface area contributed by atoms with Gasteiger partial charge in [-0.1, -0.05) is 0 Å². The lowest BCUT2D eigenvalue weighted by atomic mass is 9.96. The van der Waals surface area contributed by atoms with Gasteiger partial charge >= 0.3 is 0 Å². The maximum Gasteiger partial charge on any atom is 0.222 e. The van der Waals surface area contributed by atoms with E-state index in [0.29, 0.717) is 5.95 Å². The van der Waals surface area contributed by atoms with Gasteiger partial charge in [0.25, 0.3) is 0 Å². The predicted molar refractivity (Wildman–Crippen MR) is 68.2 cm³/mol. The molecule has 3 N–H and O–H groups in total. The third-order valence-corrected chi connectivity index (χ3v) is 3.60. The Hall–Kier alpha value is -1.36. The van der Waals surface area contributed by atoms with Gasteiger partial charge in [0.05, 0.1) is 5.69 Å². The number of fused-ring (bicyclic) bond motifs is 1. The molecule has 1 saturated heterocycles. The highest BCUT2D eigenvalue weighted by atomic mass is 15.2. The van der Waals surface area contributed by atoms with E-state index in [2.05, 4.69) is 20.2 Å². The molecule has 0 atom stereocenters. The number of nitrogens with two attached hydrogens (primary N) is 1. The van der Waals surface area contributed by atoms with E-state index in [-0.39, 0.29) is 0 Å². The first-order valence-electron chi connectivity index (χ1n) is 6.45. The molecule has 2 aliphatic rings. The first kappa shape index (κ1) is 10.8. The van der Waals surface area contributed by atoms with Crippen LogP contribution in [0.25, 0.3) is 0 Å². The number of piperazine rings is 1. The van der Waals surface area contributed by atoms with Crippen molar-refractivity contribution in [3.63, 3.8) is 0 Å². The average Bonchev–Trinajstić information content (AvgIpc) is 2.39. The van der Waals surface area contributed by atoms with Crippen molar-refractivity contribution in [2.24, 2.45) is 0 Å². The molecule has 3 rings (SSSR count). The van der Waals surface area contributed by atoms with Gasteiger partial charge in [-0.2, -0.15) is 4.98 Å². The fourth-order valence-corrected chi connectivity index (χ4v) is 2.73. The van der Waals surface area contributed by atoms with Gasteiger partial charge in [0, 0.05) is 31.7 Å². The maximum absolute atomic E-state index is 5.82. The van der Waals surface area contributed by atoms with Crippen molar-refractivity contribution in [2.75, 3.05) is 36.8 Å². The van der Waals surface area contributed by atoms with Crippen LogP contribution < -0.4 is 16.0 Å². The zero-order chi connectivity index (χ0) is 11.7. The van der Waals surface area contributed by atoms with Crippen LogP contribution >= 0.6 is 0 Å². The van der Waals surface area contributed by atoms with Gasteiger partial charge in [-0.15, -0.1) is 0 Å². The van der Waals surface area contributed by atoms with Crippen LogP contribution in [0.1, 0.15) is 24.1 Å². The largest absolute Gasteiger partial charge is 0.368 e.